The number of rotatable bonds is 4. The molecule has 1 rings (SSSR count). The lowest BCUT2D eigenvalue weighted by atomic mass is 9.86. The Balaban J connectivity index is 3.12. The second-order valence-corrected chi connectivity index (χ2v) is 6.02. The molecule has 0 aliphatic carbocycles. The van der Waals surface area contributed by atoms with Gasteiger partial charge in [0.2, 0.25) is 0 Å². The summed E-state index contributed by atoms with van der Waals surface area (Å²) in [6.07, 6.45) is 0. The van der Waals surface area contributed by atoms with Crippen molar-refractivity contribution in [1.29, 1.82) is 0 Å². The van der Waals surface area contributed by atoms with E-state index in [0.29, 0.717) is 21.7 Å². The first-order valence-electron chi connectivity index (χ1n) is 5.63. The summed E-state index contributed by atoms with van der Waals surface area (Å²) in [6, 6.07) is 1.62. The van der Waals surface area contributed by atoms with E-state index in [0.717, 1.165) is 0 Å². The average molecular weight is 292 g/mol. The van der Waals surface area contributed by atoms with Gasteiger partial charge in [-0.1, -0.05) is 23.2 Å². The molecule has 0 saturated heterocycles. The summed E-state index contributed by atoms with van der Waals surface area (Å²) in [6.45, 7) is 7.20. The zero-order chi connectivity index (χ0) is 14.1. The SMILES string of the molecule is CNc1nc(NC(C)(C)C(C)(C)O)c(Cl)cc1Cl. The van der Waals surface area contributed by atoms with E-state index < -0.39 is 11.1 Å². The molecule has 0 aliphatic heterocycles. The smallest absolute Gasteiger partial charge is 0.147 e. The first-order chi connectivity index (χ1) is 8.08. The highest BCUT2D eigenvalue weighted by molar-refractivity contribution is 6.37. The van der Waals surface area contributed by atoms with Gasteiger partial charge in [-0.05, 0) is 33.8 Å². The molecule has 1 aromatic heterocycles. The maximum absolute atomic E-state index is 10.1. The summed E-state index contributed by atoms with van der Waals surface area (Å²) in [5.74, 6) is 1.02. The lowest BCUT2D eigenvalue weighted by Gasteiger charge is -2.38. The van der Waals surface area contributed by atoms with Crippen molar-refractivity contribution < 1.29 is 5.11 Å². The van der Waals surface area contributed by atoms with Crippen LogP contribution in [0.2, 0.25) is 10.0 Å². The molecule has 0 bridgehead atoms. The molecule has 18 heavy (non-hydrogen) atoms. The normalized spacial score (nSPS) is 12.4. The molecule has 4 nitrogen and oxygen atoms in total. The van der Waals surface area contributed by atoms with Crippen LogP contribution in [0.4, 0.5) is 11.6 Å². The molecule has 0 atom stereocenters. The van der Waals surface area contributed by atoms with E-state index >= 15 is 0 Å². The first kappa shape index (κ1) is 15.3. The molecule has 0 spiro atoms. The van der Waals surface area contributed by atoms with E-state index in [1.807, 2.05) is 13.8 Å². The van der Waals surface area contributed by atoms with Crippen molar-refractivity contribution >= 4 is 34.8 Å². The second-order valence-electron chi connectivity index (χ2n) is 5.21. The average Bonchev–Trinajstić information content (AvgIpc) is 2.20. The Morgan fingerprint density at radius 2 is 1.61 bits per heavy atom. The highest BCUT2D eigenvalue weighted by Crippen LogP contribution is 2.33. The maximum atomic E-state index is 10.1. The van der Waals surface area contributed by atoms with Crippen LogP contribution >= 0.6 is 23.2 Å². The van der Waals surface area contributed by atoms with Crippen molar-refractivity contribution in [3.63, 3.8) is 0 Å². The Hall–Kier alpha value is -0.710. The topological polar surface area (TPSA) is 57.2 Å². The van der Waals surface area contributed by atoms with Crippen LogP contribution in [0.3, 0.4) is 0 Å². The predicted octanol–water partition coefficient (Wildman–Crippen LogP) is 3.39. The number of halogens is 2. The third kappa shape index (κ3) is 3.19. The molecule has 3 N–H and O–H groups in total. The van der Waals surface area contributed by atoms with Crippen molar-refractivity contribution in [3.8, 4) is 0 Å². The molecular formula is C12H19Cl2N3O. The number of anilines is 2. The van der Waals surface area contributed by atoms with Crippen molar-refractivity contribution in [2.45, 2.75) is 38.8 Å². The number of aliphatic hydroxyl groups is 1. The Labute approximate surface area is 118 Å². The lowest BCUT2D eigenvalue weighted by Crippen LogP contribution is -2.51. The highest BCUT2D eigenvalue weighted by atomic mass is 35.5. The molecule has 102 valence electrons. The number of nitrogens with zero attached hydrogens (tertiary/aromatic N) is 1. The van der Waals surface area contributed by atoms with E-state index in [2.05, 4.69) is 15.6 Å². The van der Waals surface area contributed by atoms with E-state index in [9.17, 15) is 5.11 Å². The zero-order valence-corrected chi connectivity index (χ0v) is 12.7. The van der Waals surface area contributed by atoms with Crippen LogP contribution in [-0.2, 0) is 0 Å². The van der Waals surface area contributed by atoms with Gasteiger partial charge in [-0.25, -0.2) is 4.98 Å². The van der Waals surface area contributed by atoms with Gasteiger partial charge in [0, 0.05) is 7.05 Å². The quantitative estimate of drug-likeness (QED) is 0.796. The van der Waals surface area contributed by atoms with Gasteiger partial charge >= 0.3 is 0 Å². The first-order valence-corrected chi connectivity index (χ1v) is 6.38. The molecule has 0 radical (unpaired) electrons. The van der Waals surface area contributed by atoms with Crippen molar-refractivity contribution in [3.05, 3.63) is 16.1 Å². The van der Waals surface area contributed by atoms with Crippen LogP contribution in [0, 0.1) is 0 Å². The highest BCUT2D eigenvalue weighted by Gasteiger charge is 2.35. The third-order valence-corrected chi connectivity index (χ3v) is 3.70. The molecule has 0 fully saturated rings. The predicted molar refractivity (Wildman–Crippen MR) is 77.8 cm³/mol. The molecule has 0 aromatic carbocycles. The molecule has 0 unspecified atom stereocenters. The number of pyridine rings is 1. The molecule has 1 aromatic rings. The van der Waals surface area contributed by atoms with E-state index in [-0.39, 0.29) is 0 Å². The lowest BCUT2D eigenvalue weighted by molar-refractivity contribution is 0.0239. The standard InChI is InChI=1S/C12H19Cl2N3O/c1-11(2,12(3,4)18)17-10-8(14)6-7(13)9(15-5)16-10/h6,18H,1-5H3,(H2,15,16,17). The maximum Gasteiger partial charge on any atom is 0.147 e. The second kappa shape index (κ2) is 5.11. The summed E-state index contributed by atoms with van der Waals surface area (Å²) in [7, 11) is 1.73. The molecule has 6 heteroatoms. The number of hydrogen-bond donors (Lipinski definition) is 3. The van der Waals surface area contributed by atoms with Crippen LogP contribution in [0.25, 0.3) is 0 Å². The summed E-state index contributed by atoms with van der Waals surface area (Å²) < 4.78 is 0. The summed E-state index contributed by atoms with van der Waals surface area (Å²) >= 11 is 12.1. The Morgan fingerprint density at radius 1 is 1.11 bits per heavy atom. The molecule has 0 saturated carbocycles. The van der Waals surface area contributed by atoms with Crippen molar-refractivity contribution in [2.75, 3.05) is 17.7 Å². The Morgan fingerprint density at radius 3 is 2.06 bits per heavy atom. The number of aromatic nitrogens is 1. The van der Waals surface area contributed by atoms with Gasteiger partial charge in [-0.3, -0.25) is 0 Å². The van der Waals surface area contributed by atoms with Gasteiger partial charge in [-0.2, -0.15) is 0 Å². The minimum Gasteiger partial charge on any atom is -0.388 e. The molecule has 0 amide bonds. The van der Waals surface area contributed by atoms with Crippen molar-refractivity contribution in [2.24, 2.45) is 0 Å². The fourth-order valence-electron chi connectivity index (χ4n) is 1.18. The van der Waals surface area contributed by atoms with Crippen LogP contribution < -0.4 is 10.6 Å². The Kier molecular flexibility index (Phi) is 4.36. The molecule has 1 heterocycles. The monoisotopic (exact) mass is 291 g/mol. The fourth-order valence-corrected chi connectivity index (χ4v) is 1.68. The molecule has 0 aliphatic rings. The number of nitrogens with one attached hydrogen (secondary N) is 2. The van der Waals surface area contributed by atoms with Gasteiger partial charge in [0.1, 0.15) is 11.6 Å². The van der Waals surface area contributed by atoms with E-state index in [4.69, 9.17) is 23.2 Å². The summed E-state index contributed by atoms with van der Waals surface area (Å²) in [5, 5.41) is 17.0. The minimum atomic E-state index is -0.933. The summed E-state index contributed by atoms with van der Waals surface area (Å²) in [4.78, 5) is 4.29. The van der Waals surface area contributed by atoms with Crippen LogP contribution in [-0.4, -0.2) is 28.3 Å². The Bertz CT molecular complexity index is 442. The molecular weight excluding hydrogens is 273 g/mol. The zero-order valence-electron chi connectivity index (χ0n) is 11.2. The van der Waals surface area contributed by atoms with Crippen molar-refractivity contribution in [1.82, 2.24) is 4.98 Å². The van der Waals surface area contributed by atoms with Crippen LogP contribution in [0.1, 0.15) is 27.7 Å². The van der Waals surface area contributed by atoms with Crippen LogP contribution in [0.5, 0.6) is 0 Å². The van der Waals surface area contributed by atoms with Crippen LogP contribution in [0.15, 0.2) is 6.07 Å². The fraction of sp³-hybridized carbons (Fsp3) is 0.583. The van der Waals surface area contributed by atoms with Gasteiger partial charge in [0.25, 0.3) is 0 Å². The van der Waals surface area contributed by atoms with E-state index in [1.54, 1.807) is 27.0 Å². The van der Waals surface area contributed by atoms with Gasteiger partial charge < -0.3 is 15.7 Å². The third-order valence-electron chi connectivity index (χ3n) is 3.13. The van der Waals surface area contributed by atoms with Gasteiger partial charge in [0.15, 0.2) is 0 Å². The number of hydrogen-bond acceptors (Lipinski definition) is 4. The summed E-state index contributed by atoms with van der Waals surface area (Å²) in [5.41, 5.74) is -1.53. The van der Waals surface area contributed by atoms with Gasteiger partial charge in [0.05, 0.1) is 21.2 Å². The largest absolute Gasteiger partial charge is 0.388 e. The van der Waals surface area contributed by atoms with E-state index in [1.165, 1.54) is 0 Å². The minimum absolute atomic E-state index is 0.413. The van der Waals surface area contributed by atoms with Gasteiger partial charge in [-0.15, -0.1) is 0 Å².